The third kappa shape index (κ3) is 67.8. The molecule has 4 nitrogen and oxygen atoms in total. The second-order valence-electron chi connectivity index (χ2n) is 0.600. The van der Waals surface area contributed by atoms with E-state index in [0.29, 0.717) is 0 Å². The zero-order valence-electron chi connectivity index (χ0n) is 6.29. The fourth-order valence-corrected chi connectivity index (χ4v) is 0. The molecule has 0 aliphatic heterocycles. The maximum absolute atomic E-state index is 7.33. The predicted molar refractivity (Wildman–Crippen MR) is 26.8 cm³/mol. The smallest absolute Gasteiger partial charge is 1.00 e. The molecule has 42 valence electrons. The van der Waals surface area contributed by atoms with Gasteiger partial charge in [0.05, 0.1) is 0 Å². The van der Waals surface area contributed by atoms with Crippen molar-refractivity contribution < 1.29 is 92.3 Å². The summed E-state index contributed by atoms with van der Waals surface area (Å²) in [7, 11) is -4.61. The van der Waals surface area contributed by atoms with Gasteiger partial charge in [0.2, 0.25) is 0 Å². The molecule has 0 rings (SSSR count). The van der Waals surface area contributed by atoms with Gasteiger partial charge in [-0.2, -0.15) is 0 Å². The van der Waals surface area contributed by atoms with Crippen molar-refractivity contribution in [2.45, 2.75) is 0 Å². The Balaban J connectivity index is -0.00000000800. The van der Waals surface area contributed by atoms with Crippen molar-refractivity contribution in [3.63, 3.8) is 0 Å². The first-order valence-electron chi connectivity index (χ1n) is 0.894. The summed E-state index contributed by atoms with van der Waals surface area (Å²) in [6.07, 6.45) is 0. The van der Waals surface area contributed by atoms with Crippen molar-refractivity contribution in [2.24, 2.45) is 0 Å². The van der Waals surface area contributed by atoms with Crippen LogP contribution >= 0.6 is 0 Å². The first-order valence-corrected chi connectivity index (χ1v) is 2.68. The monoisotopic (exact) mass is 174 g/mol. The van der Waals surface area contributed by atoms with Crippen molar-refractivity contribution in [1.82, 2.24) is 0 Å². The molecule has 0 aliphatic carbocycles. The second kappa shape index (κ2) is 9.82. The van der Waals surface area contributed by atoms with E-state index >= 15 is 0 Å². The molecule has 0 spiro atoms. The van der Waals surface area contributed by atoms with Gasteiger partial charge in [-0.15, -0.1) is 0 Å². The standard InChI is InChI=1S/Al.K.Li.H4O4Si.5H/c;;;1-5(2,3)4;;;;;/h;;;1-4H;;;;;/q;2*+1;;;;;2*-1. The summed E-state index contributed by atoms with van der Waals surface area (Å²) in [5.41, 5.74) is 0. The maximum Gasteiger partial charge on any atom is 1.00 e. The van der Waals surface area contributed by atoms with Crippen molar-refractivity contribution in [3.8, 4) is 0 Å². The van der Waals surface area contributed by atoms with Crippen LogP contribution in [-0.2, 0) is 0 Å². The van der Waals surface area contributed by atoms with Gasteiger partial charge in [0.1, 0.15) is 0 Å². The zero-order chi connectivity index (χ0) is 4.50. The van der Waals surface area contributed by atoms with E-state index in [2.05, 4.69) is 0 Å². The zero-order valence-corrected chi connectivity index (χ0v) is 8.41. The molecule has 4 N–H and O–H groups in total. The van der Waals surface area contributed by atoms with Gasteiger partial charge in [0, 0.05) is 0 Å². The maximum atomic E-state index is 7.33. The molecule has 0 aromatic rings. The Morgan fingerprint density at radius 2 is 1.00 bits per heavy atom. The summed E-state index contributed by atoms with van der Waals surface area (Å²) >= 11 is 0. The van der Waals surface area contributed by atoms with E-state index < -0.39 is 9.05 Å². The van der Waals surface area contributed by atoms with Crippen LogP contribution in [0.1, 0.15) is 2.85 Å². The average Bonchev–Trinajstić information content (AvgIpc) is 0.722. The van der Waals surface area contributed by atoms with E-state index in [1.807, 2.05) is 0 Å². The predicted octanol–water partition coefficient (Wildman–Crippen LogP) is -9.56. The summed E-state index contributed by atoms with van der Waals surface area (Å²) in [6, 6.07) is 0. The molecule has 0 saturated carbocycles. The van der Waals surface area contributed by atoms with E-state index in [9.17, 15) is 0 Å². The van der Waals surface area contributed by atoms with Crippen molar-refractivity contribution in [2.75, 3.05) is 0 Å². The molecule has 0 bridgehead atoms. The average molecular weight is 174 g/mol. The fraction of sp³-hybridized carbons (Fsp3) is 0. The fourth-order valence-electron chi connectivity index (χ4n) is 0. The molecule has 0 heterocycles. The minimum absolute atomic E-state index is 0. The topological polar surface area (TPSA) is 80.9 Å². The summed E-state index contributed by atoms with van der Waals surface area (Å²) < 4.78 is 0. The van der Waals surface area contributed by atoms with Crippen LogP contribution in [0, 0.1) is 0 Å². The van der Waals surface area contributed by atoms with Gasteiger partial charge in [-0.1, -0.05) is 0 Å². The van der Waals surface area contributed by atoms with Crippen molar-refractivity contribution >= 4 is 26.4 Å². The second-order valence-corrected chi connectivity index (χ2v) is 1.80. The quantitative estimate of drug-likeness (QED) is 0.275. The first kappa shape index (κ1) is 22.4. The Labute approximate surface area is 116 Å². The van der Waals surface area contributed by atoms with Crippen LogP contribution in [0.5, 0.6) is 0 Å². The van der Waals surface area contributed by atoms with E-state index in [1.54, 1.807) is 0 Å². The molecule has 8 heavy (non-hydrogen) atoms. The number of hydrogen-bond acceptors (Lipinski definition) is 4. The van der Waals surface area contributed by atoms with E-state index in [-0.39, 0.29) is 90.5 Å². The molecule has 8 heteroatoms. The molecule has 0 saturated heterocycles. The summed E-state index contributed by atoms with van der Waals surface area (Å²) in [5, 5.41) is 0. The van der Waals surface area contributed by atoms with Gasteiger partial charge in [0.25, 0.3) is 0 Å². The largest absolute Gasteiger partial charge is 1.00 e. The Kier molecular flexibility index (Phi) is 27.5. The molecule has 0 radical (unpaired) electrons. The first-order chi connectivity index (χ1) is 2.00. The molecule has 0 atom stereocenters. The third-order valence-corrected chi connectivity index (χ3v) is 0. The molecule has 0 unspecified atom stereocenters. The molecule has 0 aliphatic rings. The number of rotatable bonds is 0. The Morgan fingerprint density at radius 3 is 1.00 bits per heavy atom. The minimum atomic E-state index is -4.61. The van der Waals surface area contributed by atoms with Crippen molar-refractivity contribution in [3.05, 3.63) is 0 Å². The molecular weight excluding hydrogens is 165 g/mol. The van der Waals surface area contributed by atoms with Gasteiger partial charge in [0.15, 0.2) is 17.4 Å². The normalized spacial score (nSPS) is 7.50. The van der Waals surface area contributed by atoms with Crippen LogP contribution in [0.2, 0.25) is 0 Å². The Bertz CT molecular complexity index is 38.7. The Morgan fingerprint density at radius 1 is 1.00 bits per heavy atom. The summed E-state index contributed by atoms with van der Waals surface area (Å²) in [5.74, 6) is 0. The summed E-state index contributed by atoms with van der Waals surface area (Å²) in [6.45, 7) is 0. The molecule has 0 aromatic heterocycles. The molecular formula is H9AlKLiO4Si. The van der Waals surface area contributed by atoms with Crippen LogP contribution in [-0.4, -0.2) is 45.6 Å². The van der Waals surface area contributed by atoms with Gasteiger partial charge >= 0.3 is 79.3 Å². The van der Waals surface area contributed by atoms with Crippen LogP contribution in [0.15, 0.2) is 0 Å². The molecule has 0 aromatic carbocycles. The van der Waals surface area contributed by atoms with Crippen LogP contribution < -0.4 is 70.2 Å². The van der Waals surface area contributed by atoms with Crippen molar-refractivity contribution in [1.29, 1.82) is 0 Å². The van der Waals surface area contributed by atoms with E-state index in [4.69, 9.17) is 19.2 Å². The van der Waals surface area contributed by atoms with E-state index in [0.717, 1.165) is 0 Å². The van der Waals surface area contributed by atoms with Gasteiger partial charge in [-0.05, 0) is 0 Å². The third-order valence-electron chi connectivity index (χ3n) is 0. The van der Waals surface area contributed by atoms with Crippen LogP contribution in [0.4, 0.5) is 0 Å². The van der Waals surface area contributed by atoms with Crippen LogP contribution in [0.3, 0.4) is 0 Å². The van der Waals surface area contributed by atoms with E-state index in [1.165, 1.54) is 0 Å². The van der Waals surface area contributed by atoms with Gasteiger partial charge in [-0.25, -0.2) is 0 Å². The SMILES string of the molecule is O[Si](O)(O)O.[AlH3].[H-].[H-].[K+].[Li+]. The Hall–Kier alpha value is 2.82. The van der Waals surface area contributed by atoms with Gasteiger partial charge < -0.3 is 22.0 Å². The van der Waals surface area contributed by atoms with Crippen LogP contribution in [0.25, 0.3) is 0 Å². The summed E-state index contributed by atoms with van der Waals surface area (Å²) in [4.78, 5) is 29.3. The molecule has 0 fully saturated rings. The molecule has 0 amide bonds. The van der Waals surface area contributed by atoms with Gasteiger partial charge in [-0.3, -0.25) is 0 Å². The number of hydrogen-bond donors (Lipinski definition) is 4. The minimum Gasteiger partial charge on any atom is -1.00 e.